The largest absolute Gasteiger partial charge is 0.307 e. The molecule has 1 heteroatoms. The second-order valence-electron chi connectivity index (χ2n) is 6.02. The normalized spacial score (nSPS) is 15.1. The van der Waals surface area contributed by atoms with Crippen LogP contribution in [0.15, 0.2) is 30.3 Å². The summed E-state index contributed by atoms with van der Waals surface area (Å²) in [5, 5.41) is 3.85. The quantitative estimate of drug-likeness (QED) is 0.730. The van der Waals surface area contributed by atoms with Crippen molar-refractivity contribution in [3.63, 3.8) is 0 Å². The summed E-state index contributed by atoms with van der Waals surface area (Å²) in [4.78, 5) is 0. The van der Waals surface area contributed by atoms with Gasteiger partial charge < -0.3 is 5.32 Å². The number of hydrogen-bond acceptors (Lipinski definition) is 1. The van der Waals surface area contributed by atoms with Gasteiger partial charge in [0.1, 0.15) is 0 Å². The van der Waals surface area contributed by atoms with E-state index in [9.17, 15) is 0 Å². The lowest BCUT2D eigenvalue weighted by Crippen LogP contribution is -2.36. The summed E-state index contributed by atoms with van der Waals surface area (Å²) in [7, 11) is 0. The van der Waals surface area contributed by atoms with Crippen LogP contribution in [0.3, 0.4) is 0 Å². The van der Waals surface area contributed by atoms with Crippen LogP contribution in [-0.2, 0) is 0 Å². The molecule has 1 nitrogen and oxygen atoms in total. The van der Waals surface area contributed by atoms with Gasteiger partial charge in [-0.05, 0) is 30.2 Å². The number of rotatable bonds is 7. The van der Waals surface area contributed by atoms with Crippen LogP contribution in [0.2, 0.25) is 0 Å². The first-order valence-corrected chi connectivity index (χ1v) is 7.35. The first-order chi connectivity index (χ1) is 8.54. The van der Waals surface area contributed by atoms with Crippen molar-refractivity contribution in [3.05, 3.63) is 35.9 Å². The van der Waals surface area contributed by atoms with Gasteiger partial charge in [-0.15, -0.1) is 0 Å². The topological polar surface area (TPSA) is 12.0 Å². The summed E-state index contributed by atoms with van der Waals surface area (Å²) >= 11 is 0. The van der Waals surface area contributed by atoms with Gasteiger partial charge in [-0.25, -0.2) is 0 Å². The average molecular weight is 247 g/mol. The van der Waals surface area contributed by atoms with Gasteiger partial charge in [0.25, 0.3) is 0 Å². The standard InChI is InChI=1S/C17H29N/c1-6-16(14(4)5)18-17(12-13(2)3)15-10-8-7-9-11-15/h7-11,13-14,16-18H,6,12H2,1-5H3. The third-order valence-corrected chi connectivity index (χ3v) is 3.57. The van der Waals surface area contributed by atoms with Crippen molar-refractivity contribution in [3.8, 4) is 0 Å². The van der Waals surface area contributed by atoms with Crippen LogP contribution in [-0.4, -0.2) is 6.04 Å². The highest BCUT2D eigenvalue weighted by molar-refractivity contribution is 5.19. The van der Waals surface area contributed by atoms with E-state index in [-0.39, 0.29) is 0 Å². The maximum Gasteiger partial charge on any atom is 0.0325 e. The van der Waals surface area contributed by atoms with Crippen LogP contribution in [0, 0.1) is 11.8 Å². The molecule has 0 heterocycles. The predicted octanol–water partition coefficient (Wildman–Crippen LogP) is 4.80. The Balaban J connectivity index is 2.79. The zero-order valence-electron chi connectivity index (χ0n) is 12.6. The lowest BCUT2D eigenvalue weighted by Gasteiger charge is -2.29. The predicted molar refractivity (Wildman–Crippen MR) is 80.7 cm³/mol. The van der Waals surface area contributed by atoms with Crippen molar-refractivity contribution < 1.29 is 0 Å². The van der Waals surface area contributed by atoms with E-state index in [2.05, 4.69) is 70.3 Å². The molecule has 0 aromatic heterocycles. The summed E-state index contributed by atoms with van der Waals surface area (Å²) < 4.78 is 0. The second-order valence-corrected chi connectivity index (χ2v) is 6.02. The summed E-state index contributed by atoms with van der Waals surface area (Å²) in [5.41, 5.74) is 1.42. The lowest BCUT2D eigenvalue weighted by molar-refractivity contribution is 0.317. The third-order valence-electron chi connectivity index (χ3n) is 3.57. The molecule has 1 N–H and O–H groups in total. The number of hydrogen-bond donors (Lipinski definition) is 1. The Morgan fingerprint density at radius 2 is 1.61 bits per heavy atom. The summed E-state index contributed by atoms with van der Waals surface area (Å²) in [5.74, 6) is 1.40. The fourth-order valence-electron chi connectivity index (χ4n) is 2.50. The van der Waals surface area contributed by atoms with Gasteiger partial charge in [-0.1, -0.05) is 65.0 Å². The average Bonchev–Trinajstić information content (AvgIpc) is 2.34. The third kappa shape index (κ3) is 4.81. The molecule has 0 aliphatic rings. The first kappa shape index (κ1) is 15.2. The van der Waals surface area contributed by atoms with Crippen molar-refractivity contribution in [1.29, 1.82) is 0 Å². The lowest BCUT2D eigenvalue weighted by atomic mass is 9.93. The molecule has 0 aliphatic carbocycles. The van der Waals surface area contributed by atoms with Gasteiger partial charge in [0.15, 0.2) is 0 Å². The van der Waals surface area contributed by atoms with Gasteiger partial charge in [0.05, 0.1) is 0 Å². The van der Waals surface area contributed by atoms with Crippen LogP contribution in [0.1, 0.15) is 59.1 Å². The van der Waals surface area contributed by atoms with Crippen molar-refractivity contribution >= 4 is 0 Å². The highest BCUT2D eigenvalue weighted by Crippen LogP contribution is 2.23. The van der Waals surface area contributed by atoms with Gasteiger partial charge >= 0.3 is 0 Å². The summed E-state index contributed by atoms with van der Waals surface area (Å²) in [6.45, 7) is 11.5. The van der Waals surface area contributed by atoms with Crippen LogP contribution in [0.5, 0.6) is 0 Å². The zero-order valence-corrected chi connectivity index (χ0v) is 12.6. The fourth-order valence-corrected chi connectivity index (χ4v) is 2.50. The van der Waals surface area contributed by atoms with Crippen molar-refractivity contribution in [1.82, 2.24) is 5.32 Å². The highest BCUT2D eigenvalue weighted by Gasteiger charge is 2.18. The highest BCUT2D eigenvalue weighted by atomic mass is 15.0. The Bertz CT molecular complexity index is 316. The van der Waals surface area contributed by atoms with Gasteiger partial charge in [-0.2, -0.15) is 0 Å². The van der Waals surface area contributed by atoms with Crippen LogP contribution in [0.4, 0.5) is 0 Å². The summed E-state index contributed by atoms with van der Waals surface area (Å²) in [6, 6.07) is 11.9. The van der Waals surface area contributed by atoms with E-state index in [0.29, 0.717) is 23.9 Å². The maximum absolute atomic E-state index is 3.85. The Kier molecular flexibility index (Phi) is 6.42. The SMILES string of the molecule is CCC(NC(CC(C)C)c1ccccc1)C(C)C. The number of nitrogens with one attached hydrogen (secondary N) is 1. The van der Waals surface area contributed by atoms with E-state index in [1.807, 2.05) is 0 Å². The second kappa shape index (κ2) is 7.58. The molecule has 0 saturated carbocycles. The number of benzene rings is 1. The molecule has 18 heavy (non-hydrogen) atoms. The van der Waals surface area contributed by atoms with E-state index in [1.54, 1.807) is 0 Å². The van der Waals surface area contributed by atoms with Crippen molar-refractivity contribution in [2.24, 2.45) is 11.8 Å². The molecule has 0 radical (unpaired) electrons. The monoisotopic (exact) mass is 247 g/mol. The smallest absolute Gasteiger partial charge is 0.0325 e. The van der Waals surface area contributed by atoms with Crippen LogP contribution >= 0.6 is 0 Å². The minimum absolute atomic E-state index is 0.485. The Morgan fingerprint density at radius 3 is 2.06 bits per heavy atom. The minimum Gasteiger partial charge on any atom is -0.307 e. The maximum atomic E-state index is 3.85. The minimum atomic E-state index is 0.485. The molecular formula is C17H29N. The van der Waals surface area contributed by atoms with E-state index >= 15 is 0 Å². The Labute approximate surface area is 113 Å². The van der Waals surface area contributed by atoms with E-state index in [1.165, 1.54) is 18.4 Å². The van der Waals surface area contributed by atoms with E-state index in [0.717, 1.165) is 0 Å². The molecule has 0 aliphatic heterocycles. The fraction of sp³-hybridized carbons (Fsp3) is 0.647. The molecular weight excluding hydrogens is 218 g/mol. The van der Waals surface area contributed by atoms with Gasteiger partial charge in [-0.3, -0.25) is 0 Å². The molecule has 2 atom stereocenters. The molecule has 2 unspecified atom stereocenters. The van der Waals surface area contributed by atoms with Gasteiger partial charge in [0, 0.05) is 12.1 Å². The first-order valence-electron chi connectivity index (χ1n) is 7.35. The van der Waals surface area contributed by atoms with E-state index < -0.39 is 0 Å². The summed E-state index contributed by atoms with van der Waals surface area (Å²) in [6.07, 6.45) is 2.40. The molecule has 1 aromatic carbocycles. The zero-order chi connectivity index (χ0) is 13.5. The molecule has 1 rings (SSSR count). The van der Waals surface area contributed by atoms with Crippen LogP contribution in [0.25, 0.3) is 0 Å². The molecule has 0 saturated heterocycles. The van der Waals surface area contributed by atoms with Crippen LogP contribution < -0.4 is 5.32 Å². The molecule has 1 aromatic rings. The van der Waals surface area contributed by atoms with Crippen molar-refractivity contribution in [2.75, 3.05) is 0 Å². The van der Waals surface area contributed by atoms with E-state index in [4.69, 9.17) is 0 Å². The molecule has 102 valence electrons. The molecule has 0 fully saturated rings. The Hall–Kier alpha value is -0.820. The molecule has 0 spiro atoms. The molecule has 0 bridgehead atoms. The Morgan fingerprint density at radius 1 is 1.00 bits per heavy atom. The van der Waals surface area contributed by atoms with Crippen molar-refractivity contribution in [2.45, 2.75) is 59.5 Å². The molecule has 0 amide bonds. The van der Waals surface area contributed by atoms with Gasteiger partial charge in [0.2, 0.25) is 0 Å².